The third-order valence-corrected chi connectivity index (χ3v) is 3.31. The molecule has 0 radical (unpaired) electrons. The van der Waals surface area contributed by atoms with Crippen LogP contribution in [0.15, 0.2) is 42.2 Å². The van der Waals surface area contributed by atoms with E-state index in [1.807, 2.05) is 17.5 Å². The Morgan fingerprint density at radius 2 is 2.14 bits per heavy atom. The smallest absolute Gasteiger partial charge is 0.289 e. The van der Waals surface area contributed by atoms with Gasteiger partial charge in [0.2, 0.25) is 5.91 Å². The first-order valence-corrected chi connectivity index (χ1v) is 7.33. The van der Waals surface area contributed by atoms with Crippen molar-refractivity contribution in [2.24, 2.45) is 0 Å². The molecule has 3 N–H and O–H groups in total. The van der Waals surface area contributed by atoms with Gasteiger partial charge in [-0.1, -0.05) is 6.07 Å². The van der Waals surface area contributed by atoms with Crippen LogP contribution in [0.3, 0.4) is 0 Å². The van der Waals surface area contributed by atoms with E-state index in [-0.39, 0.29) is 10.8 Å². The molecule has 0 aromatic carbocycles. The summed E-state index contributed by atoms with van der Waals surface area (Å²) in [6.07, 6.45) is 7.17. The van der Waals surface area contributed by atoms with E-state index in [1.165, 1.54) is 36.0 Å². The maximum Gasteiger partial charge on any atom is 0.289 e. The zero-order valence-electron chi connectivity index (χ0n) is 11.1. The summed E-state index contributed by atoms with van der Waals surface area (Å²) in [4.78, 5) is 31.8. The van der Waals surface area contributed by atoms with Gasteiger partial charge < -0.3 is 0 Å². The Bertz CT molecular complexity index is 686. The topological polar surface area (TPSA) is 96.0 Å². The molecule has 22 heavy (non-hydrogen) atoms. The van der Waals surface area contributed by atoms with Crippen molar-refractivity contribution < 1.29 is 9.59 Å². The van der Waals surface area contributed by atoms with Crippen molar-refractivity contribution in [2.45, 2.75) is 0 Å². The standard InChI is InChI=1S/C13H11N5O2S2/c19-11(4-3-9-2-1-7-22-9)16-13(21)18-17-12(20)10-8-14-5-6-15-10/h1-8H,(H,17,20)(H2,16,18,19,21). The van der Waals surface area contributed by atoms with Crippen LogP contribution < -0.4 is 16.2 Å². The molecule has 0 saturated heterocycles. The first-order valence-electron chi connectivity index (χ1n) is 6.04. The van der Waals surface area contributed by atoms with Crippen LogP contribution in [-0.2, 0) is 4.79 Å². The number of amides is 2. The minimum atomic E-state index is -0.515. The Kier molecular flexibility index (Phi) is 5.69. The van der Waals surface area contributed by atoms with E-state index in [0.717, 1.165) is 4.88 Å². The van der Waals surface area contributed by atoms with Crippen molar-refractivity contribution in [3.63, 3.8) is 0 Å². The van der Waals surface area contributed by atoms with Crippen LogP contribution in [0.5, 0.6) is 0 Å². The number of carbonyl (C=O) groups excluding carboxylic acids is 2. The number of thiophene rings is 1. The molecule has 0 aliphatic heterocycles. The molecule has 2 heterocycles. The largest absolute Gasteiger partial charge is 0.298 e. The van der Waals surface area contributed by atoms with E-state index in [9.17, 15) is 9.59 Å². The fourth-order valence-corrected chi connectivity index (χ4v) is 2.09. The molecular weight excluding hydrogens is 322 g/mol. The van der Waals surface area contributed by atoms with Gasteiger partial charge in [0.05, 0.1) is 6.20 Å². The Morgan fingerprint density at radius 3 is 2.82 bits per heavy atom. The number of carbonyl (C=O) groups is 2. The molecule has 0 aliphatic rings. The molecule has 2 aromatic rings. The van der Waals surface area contributed by atoms with Gasteiger partial charge in [-0.2, -0.15) is 0 Å². The van der Waals surface area contributed by atoms with Crippen LogP contribution >= 0.6 is 23.6 Å². The molecular formula is C13H11N5O2S2. The Hall–Kier alpha value is -2.65. The van der Waals surface area contributed by atoms with E-state index in [0.29, 0.717) is 0 Å². The molecule has 0 spiro atoms. The summed E-state index contributed by atoms with van der Waals surface area (Å²) in [7, 11) is 0. The minimum Gasteiger partial charge on any atom is -0.298 e. The lowest BCUT2D eigenvalue weighted by Crippen LogP contribution is -2.48. The van der Waals surface area contributed by atoms with Crippen LogP contribution in [0.4, 0.5) is 0 Å². The highest BCUT2D eigenvalue weighted by atomic mass is 32.1. The zero-order valence-corrected chi connectivity index (χ0v) is 12.8. The van der Waals surface area contributed by atoms with Gasteiger partial charge in [-0.15, -0.1) is 11.3 Å². The summed E-state index contributed by atoms with van der Waals surface area (Å²) in [5, 5.41) is 4.28. The molecule has 0 fully saturated rings. The third-order valence-electron chi connectivity index (χ3n) is 2.26. The van der Waals surface area contributed by atoms with Crippen molar-refractivity contribution in [1.29, 1.82) is 0 Å². The summed E-state index contributed by atoms with van der Waals surface area (Å²) < 4.78 is 0. The van der Waals surface area contributed by atoms with E-state index < -0.39 is 11.8 Å². The van der Waals surface area contributed by atoms with Crippen LogP contribution in [0.2, 0.25) is 0 Å². The van der Waals surface area contributed by atoms with Crippen LogP contribution in [0.25, 0.3) is 6.08 Å². The lowest BCUT2D eigenvalue weighted by molar-refractivity contribution is -0.115. The summed E-state index contributed by atoms with van der Waals surface area (Å²) >= 11 is 6.40. The fourth-order valence-electron chi connectivity index (χ4n) is 1.32. The number of thiocarbonyl (C=S) groups is 1. The number of aromatic nitrogens is 2. The van der Waals surface area contributed by atoms with Crippen LogP contribution in [-0.4, -0.2) is 26.9 Å². The van der Waals surface area contributed by atoms with E-state index in [1.54, 1.807) is 6.08 Å². The second-order valence-corrected chi connectivity index (χ2v) is 5.22. The monoisotopic (exact) mass is 333 g/mol. The minimum absolute atomic E-state index is 0.0296. The Labute approximate surface area is 135 Å². The second-order valence-electron chi connectivity index (χ2n) is 3.84. The SMILES string of the molecule is O=C(C=Cc1cccs1)NC(=S)NNC(=O)c1cnccn1. The van der Waals surface area contributed by atoms with Crippen molar-refractivity contribution >= 4 is 46.6 Å². The second kappa shape index (κ2) is 7.96. The highest BCUT2D eigenvalue weighted by molar-refractivity contribution is 7.80. The highest BCUT2D eigenvalue weighted by Gasteiger charge is 2.07. The highest BCUT2D eigenvalue weighted by Crippen LogP contribution is 2.09. The average Bonchev–Trinajstić information content (AvgIpc) is 3.05. The lowest BCUT2D eigenvalue weighted by Gasteiger charge is -2.08. The van der Waals surface area contributed by atoms with Gasteiger partial charge in [-0.05, 0) is 29.7 Å². The van der Waals surface area contributed by atoms with E-state index in [2.05, 4.69) is 26.1 Å². The first-order chi connectivity index (χ1) is 10.6. The summed E-state index contributed by atoms with van der Waals surface area (Å²) in [5.74, 6) is -0.918. The van der Waals surface area contributed by atoms with Crippen molar-refractivity contribution in [3.8, 4) is 0 Å². The molecule has 9 heteroatoms. The maximum atomic E-state index is 11.7. The van der Waals surface area contributed by atoms with Crippen LogP contribution in [0, 0.1) is 0 Å². The molecule has 7 nitrogen and oxygen atoms in total. The van der Waals surface area contributed by atoms with Crippen molar-refractivity contribution in [2.75, 3.05) is 0 Å². The molecule has 0 unspecified atom stereocenters. The summed E-state index contributed by atoms with van der Waals surface area (Å²) in [6.45, 7) is 0. The molecule has 0 aliphatic carbocycles. The van der Waals surface area contributed by atoms with E-state index >= 15 is 0 Å². The predicted octanol–water partition coefficient (Wildman–Crippen LogP) is 0.887. The quantitative estimate of drug-likeness (QED) is 0.438. The number of hydrogen-bond acceptors (Lipinski definition) is 6. The Balaban J connectivity index is 1.76. The Morgan fingerprint density at radius 1 is 1.27 bits per heavy atom. The summed E-state index contributed by atoms with van der Waals surface area (Å²) in [5.41, 5.74) is 4.84. The number of hydrogen-bond donors (Lipinski definition) is 3. The molecule has 2 amide bonds. The fraction of sp³-hybridized carbons (Fsp3) is 0. The number of hydrazine groups is 1. The van der Waals surface area contributed by atoms with Crippen molar-refractivity contribution in [1.82, 2.24) is 26.1 Å². The van der Waals surface area contributed by atoms with Crippen molar-refractivity contribution in [3.05, 3.63) is 52.8 Å². The van der Waals surface area contributed by atoms with Gasteiger partial charge in [0.15, 0.2) is 5.11 Å². The maximum absolute atomic E-state index is 11.7. The summed E-state index contributed by atoms with van der Waals surface area (Å²) in [6, 6.07) is 3.77. The number of nitrogens with one attached hydrogen (secondary N) is 3. The van der Waals surface area contributed by atoms with Gasteiger partial charge in [0, 0.05) is 23.3 Å². The molecule has 0 bridgehead atoms. The normalized spacial score (nSPS) is 10.2. The van der Waals surface area contributed by atoms with Gasteiger partial charge in [0.25, 0.3) is 5.91 Å². The zero-order chi connectivity index (χ0) is 15.8. The lowest BCUT2D eigenvalue weighted by atomic mass is 10.4. The number of nitrogens with zero attached hydrogens (tertiary/aromatic N) is 2. The van der Waals surface area contributed by atoms with E-state index in [4.69, 9.17) is 12.2 Å². The molecule has 0 saturated carbocycles. The first kappa shape index (κ1) is 15.7. The molecule has 2 aromatic heterocycles. The van der Waals surface area contributed by atoms with Gasteiger partial charge in [-0.25, -0.2) is 4.98 Å². The molecule has 112 valence electrons. The number of rotatable bonds is 3. The third kappa shape index (κ3) is 5.04. The van der Waals surface area contributed by atoms with Crippen LogP contribution in [0.1, 0.15) is 15.4 Å². The van der Waals surface area contributed by atoms with Gasteiger partial charge >= 0.3 is 0 Å². The van der Waals surface area contributed by atoms with Gasteiger partial charge in [-0.3, -0.25) is 30.7 Å². The molecule has 2 rings (SSSR count). The molecule has 0 atom stereocenters. The predicted molar refractivity (Wildman–Crippen MR) is 86.7 cm³/mol. The van der Waals surface area contributed by atoms with Gasteiger partial charge in [0.1, 0.15) is 5.69 Å². The average molecular weight is 333 g/mol.